The van der Waals surface area contributed by atoms with Crippen LogP contribution in [0.2, 0.25) is 0 Å². The molecule has 104 valence electrons. The second-order valence-electron chi connectivity index (χ2n) is 4.57. The molecule has 1 aliphatic heterocycles. The van der Waals surface area contributed by atoms with Crippen LogP contribution in [0.3, 0.4) is 0 Å². The van der Waals surface area contributed by atoms with Crippen molar-refractivity contribution in [1.29, 1.82) is 0 Å². The van der Waals surface area contributed by atoms with Crippen molar-refractivity contribution >= 4 is 21.4 Å². The highest BCUT2D eigenvalue weighted by Crippen LogP contribution is 2.19. The van der Waals surface area contributed by atoms with Crippen molar-refractivity contribution in [2.45, 2.75) is 12.5 Å². The number of nitrogens with one attached hydrogen (secondary N) is 1. The van der Waals surface area contributed by atoms with Gasteiger partial charge in [0.25, 0.3) is 5.91 Å². The molecule has 6 nitrogen and oxygen atoms in total. The van der Waals surface area contributed by atoms with Gasteiger partial charge in [-0.3, -0.25) is 4.79 Å². The highest BCUT2D eigenvalue weighted by Gasteiger charge is 2.29. The van der Waals surface area contributed by atoms with Crippen molar-refractivity contribution in [2.75, 3.05) is 24.3 Å². The first-order valence-corrected chi connectivity index (χ1v) is 7.67. The third-order valence-corrected chi connectivity index (χ3v) is 4.76. The molecule has 1 heterocycles. The number of ether oxygens (including phenoxy) is 1. The minimum atomic E-state index is -3.01. The molecule has 3 N–H and O–H groups in total. The average molecular weight is 284 g/mol. The Balaban J connectivity index is 2.10. The number of amides is 1. The lowest BCUT2D eigenvalue weighted by molar-refractivity contribution is 0.0941. The third-order valence-electron chi connectivity index (χ3n) is 2.99. The van der Waals surface area contributed by atoms with Gasteiger partial charge in [0.1, 0.15) is 5.75 Å². The predicted molar refractivity (Wildman–Crippen MR) is 71.9 cm³/mol. The molecule has 0 spiro atoms. The molecule has 1 unspecified atom stereocenters. The van der Waals surface area contributed by atoms with E-state index in [9.17, 15) is 13.2 Å². The lowest BCUT2D eigenvalue weighted by Crippen LogP contribution is -2.35. The van der Waals surface area contributed by atoms with Crippen molar-refractivity contribution in [1.82, 2.24) is 5.32 Å². The fourth-order valence-electron chi connectivity index (χ4n) is 2.05. The van der Waals surface area contributed by atoms with E-state index in [4.69, 9.17) is 10.5 Å². The van der Waals surface area contributed by atoms with Crippen molar-refractivity contribution in [3.05, 3.63) is 23.8 Å². The molecule has 1 fully saturated rings. The second-order valence-corrected chi connectivity index (χ2v) is 6.80. The van der Waals surface area contributed by atoms with Gasteiger partial charge in [0.05, 0.1) is 18.6 Å². The van der Waals surface area contributed by atoms with E-state index in [0.717, 1.165) is 0 Å². The summed E-state index contributed by atoms with van der Waals surface area (Å²) in [7, 11) is -1.52. The van der Waals surface area contributed by atoms with Crippen LogP contribution in [0.15, 0.2) is 18.2 Å². The molecule has 1 aliphatic rings. The summed E-state index contributed by atoms with van der Waals surface area (Å²) in [5.41, 5.74) is 6.45. The van der Waals surface area contributed by atoms with Gasteiger partial charge in [-0.15, -0.1) is 0 Å². The molecule has 0 aromatic heterocycles. The van der Waals surface area contributed by atoms with Gasteiger partial charge < -0.3 is 15.8 Å². The van der Waals surface area contributed by atoms with E-state index in [1.807, 2.05) is 0 Å². The summed E-state index contributed by atoms with van der Waals surface area (Å²) < 4.78 is 27.7. The van der Waals surface area contributed by atoms with Crippen LogP contribution in [-0.4, -0.2) is 39.0 Å². The summed E-state index contributed by atoms with van der Waals surface area (Å²) in [5.74, 6) is 0.271. The minimum absolute atomic E-state index is 0.00180. The average Bonchev–Trinajstić information content (AvgIpc) is 2.67. The third kappa shape index (κ3) is 3.37. The quantitative estimate of drug-likeness (QED) is 0.772. The normalized spacial score (nSPS) is 21.0. The molecular formula is C12H16N2O4S. The molecule has 19 heavy (non-hydrogen) atoms. The number of carbonyl (C=O) groups is 1. The number of benzene rings is 1. The summed E-state index contributed by atoms with van der Waals surface area (Å²) in [6.07, 6.45) is 0.452. The number of rotatable bonds is 3. The molecule has 1 aromatic rings. The largest absolute Gasteiger partial charge is 0.497 e. The first-order chi connectivity index (χ1) is 8.89. The van der Waals surface area contributed by atoms with E-state index in [1.165, 1.54) is 13.2 Å². The maximum atomic E-state index is 12.0. The molecule has 0 saturated carbocycles. The van der Waals surface area contributed by atoms with Crippen LogP contribution in [0.1, 0.15) is 16.8 Å². The Morgan fingerprint density at radius 2 is 2.16 bits per heavy atom. The molecule has 1 aromatic carbocycles. The summed E-state index contributed by atoms with van der Waals surface area (Å²) in [4.78, 5) is 12.0. The number of hydrogen-bond acceptors (Lipinski definition) is 5. The van der Waals surface area contributed by atoms with E-state index in [2.05, 4.69) is 5.32 Å². The molecule has 1 amide bonds. The number of anilines is 1. The van der Waals surface area contributed by atoms with Gasteiger partial charge in [-0.1, -0.05) is 0 Å². The Kier molecular flexibility index (Phi) is 3.66. The summed E-state index contributed by atoms with van der Waals surface area (Å²) in [5, 5.41) is 2.70. The number of methoxy groups -OCH3 is 1. The Morgan fingerprint density at radius 1 is 1.42 bits per heavy atom. The lowest BCUT2D eigenvalue weighted by atomic mass is 10.1. The van der Waals surface area contributed by atoms with Crippen LogP contribution in [0.4, 0.5) is 5.69 Å². The molecule has 0 radical (unpaired) electrons. The fraction of sp³-hybridized carbons (Fsp3) is 0.417. The Hall–Kier alpha value is -1.76. The van der Waals surface area contributed by atoms with Gasteiger partial charge in [0.15, 0.2) is 9.84 Å². The van der Waals surface area contributed by atoms with Gasteiger partial charge in [-0.25, -0.2) is 8.42 Å². The topological polar surface area (TPSA) is 98.5 Å². The van der Waals surface area contributed by atoms with E-state index in [-0.39, 0.29) is 23.5 Å². The van der Waals surface area contributed by atoms with Gasteiger partial charge >= 0.3 is 0 Å². The fourth-order valence-corrected chi connectivity index (χ4v) is 3.72. The minimum Gasteiger partial charge on any atom is -0.497 e. The standard InChI is InChI=1S/C12H16N2O4S/c1-18-11-5-8(4-9(13)6-11)12(15)14-10-2-3-19(16,17)7-10/h4-6,10H,2-3,7,13H2,1H3,(H,14,15). The Morgan fingerprint density at radius 3 is 2.74 bits per heavy atom. The van der Waals surface area contributed by atoms with E-state index < -0.39 is 9.84 Å². The lowest BCUT2D eigenvalue weighted by Gasteiger charge is -2.12. The summed E-state index contributed by atoms with van der Waals surface area (Å²) >= 11 is 0. The van der Waals surface area contributed by atoms with Gasteiger partial charge in [0.2, 0.25) is 0 Å². The SMILES string of the molecule is COc1cc(N)cc(C(=O)NC2CCS(=O)(=O)C2)c1. The molecule has 1 saturated heterocycles. The van der Waals surface area contributed by atoms with Crippen LogP contribution >= 0.6 is 0 Å². The molecule has 0 bridgehead atoms. The highest BCUT2D eigenvalue weighted by atomic mass is 32.2. The first kappa shape index (κ1) is 13.7. The summed E-state index contributed by atoms with van der Waals surface area (Å²) in [6.45, 7) is 0. The van der Waals surface area contributed by atoms with E-state index in [1.54, 1.807) is 12.1 Å². The molecule has 2 rings (SSSR count). The van der Waals surface area contributed by atoms with Crippen LogP contribution in [-0.2, 0) is 9.84 Å². The van der Waals surface area contributed by atoms with Crippen LogP contribution in [0, 0.1) is 0 Å². The van der Waals surface area contributed by atoms with Crippen molar-refractivity contribution < 1.29 is 17.9 Å². The molecule has 7 heteroatoms. The van der Waals surface area contributed by atoms with Gasteiger partial charge in [0, 0.05) is 23.4 Å². The van der Waals surface area contributed by atoms with Crippen LogP contribution in [0.25, 0.3) is 0 Å². The van der Waals surface area contributed by atoms with Crippen molar-refractivity contribution in [3.63, 3.8) is 0 Å². The highest BCUT2D eigenvalue weighted by molar-refractivity contribution is 7.91. The smallest absolute Gasteiger partial charge is 0.251 e. The number of carbonyl (C=O) groups excluding carboxylic acids is 1. The molecule has 1 atom stereocenters. The van der Waals surface area contributed by atoms with E-state index >= 15 is 0 Å². The first-order valence-electron chi connectivity index (χ1n) is 5.85. The Labute approximate surface area is 111 Å². The molecule has 0 aliphatic carbocycles. The Bertz CT molecular complexity index is 598. The number of nitrogens with two attached hydrogens (primary N) is 1. The van der Waals surface area contributed by atoms with Crippen molar-refractivity contribution in [3.8, 4) is 5.75 Å². The number of nitrogen functional groups attached to an aromatic ring is 1. The van der Waals surface area contributed by atoms with Crippen LogP contribution in [0.5, 0.6) is 5.75 Å². The maximum Gasteiger partial charge on any atom is 0.251 e. The molecular weight excluding hydrogens is 268 g/mol. The van der Waals surface area contributed by atoms with Gasteiger partial charge in [-0.2, -0.15) is 0 Å². The van der Waals surface area contributed by atoms with Crippen molar-refractivity contribution in [2.24, 2.45) is 0 Å². The number of hydrogen-bond donors (Lipinski definition) is 2. The maximum absolute atomic E-state index is 12.0. The van der Waals surface area contributed by atoms with E-state index in [0.29, 0.717) is 23.4 Å². The zero-order chi connectivity index (χ0) is 14.0. The second kappa shape index (κ2) is 5.08. The van der Waals surface area contributed by atoms with Crippen LogP contribution < -0.4 is 15.8 Å². The summed E-state index contributed by atoms with van der Waals surface area (Å²) in [6, 6.07) is 4.37. The number of sulfone groups is 1. The predicted octanol–water partition coefficient (Wildman–Crippen LogP) is 0.194. The zero-order valence-electron chi connectivity index (χ0n) is 10.5. The van der Waals surface area contributed by atoms with Gasteiger partial charge in [-0.05, 0) is 18.6 Å². The zero-order valence-corrected chi connectivity index (χ0v) is 11.4. The monoisotopic (exact) mass is 284 g/mol.